The zero-order valence-electron chi connectivity index (χ0n) is 7.40. The first-order chi connectivity index (χ1) is 5.26. The topological polar surface area (TPSA) is 71.4 Å². The van der Waals surface area contributed by atoms with Gasteiger partial charge in [-0.15, -0.1) is 24.4 Å². The van der Waals surface area contributed by atoms with Crippen molar-refractivity contribution in [2.45, 2.75) is 0 Å². The summed E-state index contributed by atoms with van der Waals surface area (Å²) in [4.78, 5) is 0. The van der Waals surface area contributed by atoms with Crippen LogP contribution in [0.25, 0.3) is 0 Å². The van der Waals surface area contributed by atoms with Crippen LogP contribution in [-0.2, 0) is 0 Å². The second kappa shape index (κ2) is 9.63. The summed E-state index contributed by atoms with van der Waals surface area (Å²) in [5, 5.41) is 24.8. The molecule has 0 radical (unpaired) electrons. The number of thioether (sulfide) groups is 1. The molecule has 0 N–H and O–H groups in total. The molecule has 0 aromatic carbocycles. The van der Waals surface area contributed by atoms with E-state index in [0.717, 1.165) is 11.8 Å². The van der Waals surface area contributed by atoms with E-state index in [1.54, 1.807) is 12.1 Å². The van der Waals surface area contributed by atoms with Crippen molar-refractivity contribution in [3.63, 3.8) is 0 Å². The molecular weight excluding hydrogens is 217 g/mol. The average molecular weight is 221 g/mol. The van der Waals surface area contributed by atoms with Crippen LogP contribution in [0.1, 0.15) is 1.43 Å². The Morgan fingerprint density at radius 1 is 1.33 bits per heavy atom. The molecule has 0 atom stereocenters. The molecule has 6 heteroatoms. The van der Waals surface area contributed by atoms with Crippen molar-refractivity contribution in [2.75, 3.05) is 5.75 Å². The first-order valence-corrected chi connectivity index (χ1v) is 3.92. The summed E-state index contributed by atoms with van der Waals surface area (Å²) in [6.45, 7) is 0. The van der Waals surface area contributed by atoms with Gasteiger partial charge in [0, 0.05) is 0 Å². The van der Waals surface area contributed by atoms with Gasteiger partial charge in [-0.2, -0.15) is 15.8 Å². The number of nitriles is 3. The van der Waals surface area contributed by atoms with Crippen LogP contribution in [0.2, 0.25) is 0 Å². The molecule has 0 aliphatic carbocycles. The fourth-order valence-corrected chi connectivity index (χ4v) is 1.02. The molecule has 0 aromatic heterocycles. The van der Waals surface area contributed by atoms with Crippen LogP contribution in [0, 0.1) is 34.0 Å². The van der Waals surface area contributed by atoms with Gasteiger partial charge in [-0.1, -0.05) is 0 Å². The third-order valence-electron chi connectivity index (χ3n) is 0.711. The molecule has 0 spiro atoms. The van der Waals surface area contributed by atoms with Gasteiger partial charge in [0.05, 0.1) is 16.1 Å². The summed E-state index contributed by atoms with van der Waals surface area (Å²) in [5.74, 6) is 0.200. The Labute approximate surface area is 125 Å². The summed E-state index contributed by atoms with van der Waals surface area (Å²) in [6, 6.07) is 5.21. The molecule has 0 unspecified atom stereocenters. The van der Waals surface area contributed by atoms with E-state index in [-0.39, 0.29) is 64.1 Å². The minimum absolute atomic E-state index is 0. The van der Waals surface area contributed by atoms with Crippen LogP contribution < -0.4 is 51.4 Å². The smallest absolute Gasteiger partial charge is 1.00 e. The molecule has 0 heterocycles. The number of hydrogen-bond acceptors (Lipinski definition) is 5. The van der Waals surface area contributed by atoms with E-state index in [0.29, 0.717) is 4.24 Å². The quantitative estimate of drug-likeness (QED) is 0.352. The van der Waals surface area contributed by atoms with Crippen LogP contribution >= 0.6 is 24.4 Å². The van der Waals surface area contributed by atoms with E-state index < -0.39 is 0 Å². The van der Waals surface area contributed by atoms with Gasteiger partial charge in [-0.05, 0) is 0 Å². The third-order valence-corrected chi connectivity index (χ3v) is 2.07. The fourth-order valence-electron chi connectivity index (χ4n) is 0.293. The molecule has 56 valence electrons. The van der Waals surface area contributed by atoms with E-state index in [2.05, 4.69) is 12.6 Å². The van der Waals surface area contributed by atoms with Crippen LogP contribution in [0.15, 0.2) is 9.81 Å². The van der Waals surface area contributed by atoms with Crippen LogP contribution in [0.4, 0.5) is 0 Å². The number of thiol groups is 1. The molecule has 0 saturated heterocycles. The number of allylic oxidation sites excluding steroid dienone is 1. The maximum absolute atomic E-state index is 8.32. The standard InChI is InChI=1S/C6H3N3S2.K.H/c7-1-2-11-6(10)5(3-8)4-9;;/h10H,2H2;;/q;+1;-1. The minimum atomic E-state index is -0.0476. The van der Waals surface area contributed by atoms with Crippen molar-refractivity contribution in [2.24, 2.45) is 0 Å². The summed E-state index contributed by atoms with van der Waals surface area (Å²) in [5.41, 5.74) is -0.0476. The summed E-state index contributed by atoms with van der Waals surface area (Å²) in [6.07, 6.45) is 0. The predicted octanol–water partition coefficient (Wildman–Crippen LogP) is -1.45. The van der Waals surface area contributed by atoms with Gasteiger partial charge in [0.15, 0.2) is 0 Å². The SMILES string of the molecule is N#CCSC(S)=C(C#N)C#N.[H-].[K+]. The Kier molecular flexibility index (Phi) is 12.1. The van der Waals surface area contributed by atoms with Crippen molar-refractivity contribution in [1.82, 2.24) is 0 Å². The molecule has 0 rings (SSSR count). The second-order valence-corrected chi connectivity index (χ2v) is 3.09. The molecule has 0 saturated carbocycles. The Hall–Kier alpha value is 0.546. The van der Waals surface area contributed by atoms with E-state index in [9.17, 15) is 0 Å². The molecule has 0 aliphatic heterocycles. The number of rotatable bonds is 2. The van der Waals surface area contributed by atoms with E-state index in [1.165, 1.54) is 0 Å². The Morgan fingerprint density at radius 2 is 1.83 bits per heavy atom. The minimum Gasteiger partial charge on any atom is -1.00 e. The van der Waals surface area contributed by atoms with Crippen LogP contribution in [0.3, 0.4) is 0 Å². The van der Waals surface area contributed by atoms with E-state index >= 15 is 0 Å². The number of hydrogen-bond donors (Lipinski definition) is 1. The first-order valence-electron chi connectivity index (χ1n) is 2.49. The molecule has 12 heavy (non-hydrogen) atoms. The molecule has 0 fully saturated rings. The normalized spacial score (nSPS) is 6.50. The van der Waals surface area contributed by atoms with Gasteiger partial charge in [-0.25, -0.2) is 0 Å². The zero-order valence-corrected chi connectivity index (χ0v) is 11.2. The predicted molar refractivity (Wildman–Crippen MR) is 46.4 cm³/mol. The van der Waals surface area contributed by atoms with Crippen LogP contribution in [-0.4, -0.2) is 5.75 Å². The Balaban J connectivity index is -0.000000500. The Bertz CT molecular complexity index is 280. The largest absolute Gasteiger partial charge is 1.00 e. The summed E-state index contributed by atoms with van der Waals surface area (Å²) in [7, 11) is 0. The van der Waals surface area contributed by atoms with Crippen molar-refractivity contribution in [3.05, 3.63) is 9.81 Å². The van der Waals surface area contributed by atoms with E-state index in [4.69, 9.17) is 15.8 Å². The third kappa shape index (κ3) is 6.11. The maximum Gasteiger partial charge on any atom is 1.00 e. The fraction of sp³-hybridized carbons (Fsp3) is 0.167. The van der Waals surface area contributed by atoms with Gasteiger partial charge in [0.2, 0.25) is 0 Å². The number of nitrogens with zero attached hydrogens (tertiary/aromatic N) is 3. The molecule has 0 aromatic rings. The van der Waals surface area contributed by atoms with Crippen molar-refractivity contribution in [1.29, 1.82) is 15.8 Å². The molecule has 0 amide bonds. The van der Waals surface area contributed by atoms with Gasteiger partial charge < -0.3 is 1.43 Å². The molecule has 3 nitrogen and oxygen atoms in total. The van der Waals surface area contributed by atoms with Crippen molar-refractivity contribution < 1.29 is 52.8 Å². The van der Waals surface area contributed by atoms with E-state index in [1.807, 2.05) is 6.07 Å². The Morgan fingerprint density at radius 3 is 2.17 bits per heavy atom. The van der Waals surface area contributed by atoms with Crippen molar-refractivity contribution >= 4 is 24.4 Å². The average Bonchev–Trinajstić information content (AvgIpc) is 2.03. The molecular formula is C6H4KN3S2. The van der Waals surface area contributed by atoms with Gasteiger partial charge in [-0.3, -0.25) is 0 Å². The van der Waals surface area contributed by atoms with Gasteiger partial charge >= 0.3 is 51.4 Å². The second-order valence-electron chi connectivity index (χ2n) is 1.35. The van der Waals surface area contributed by atoms with Gasteiger partial charge in [0.25, 0.3) is 0 Å². The summed E-state index contributed by atoms with van der Waals surface area (Å²) < 4.78 is 0.302. The molecule has 0 aliphatic rings. The monoisotopic (exact) mass is 221 g/mol. The first kappa shape index (κ1) is 15.0. The zero-order chi connectivity index (χ0) is 8.69. The van der Waals surface area contributed by atoms with Crippen LogP contribution in [0.5, 0.6) is 0 Å². The summed E-state index contributed by atoms with van der Waals surface area (Å²) >= 11 is 4.94. The maximum atomic E-state index is 8.32. The van der Waals surface area contributed by atoms with Gasteiger partial charge in [0.1, 0.15) is 17.7 Å². The molecule has 0 bridgehead atoms. The van der Waals surface area contributed by atoms with Crippen molar-refractivity contribution in [3.8, 4) is 18.2 Å².